The van der Waals surface area contributed by atoms with Gasteiger partial charge in [0.25, 0.3) is 5.56 Å². The van der Waals surface area contributed by atoms with Crippen molar-refractivity contribution in [1.29, 1.82) is 0 Å². The van der Waals surface area contributed by atoms with Crippen LogP contribution in [0.5, 0.6) is 0 Å². The lowest BCUT2D eigenvalue weighted by Gasteiger charge is -2.32. The second-order valence-corrected chi connectivity index (χ2v) is 7.29. The number of piperidine rings is 1. The van der Waals surface area contributed by atoms with Gasteiger partial charge >= 0.3 is 5.69 Å². The van der Waals surface area contributed by atoms with E-state index in [1.807, 2.05) is 0 Å². The molecule has 2 heterocycles. The Kier molecular flexibility index (Phi) is 4.63. The number of nitrogens with zero attached hydrogens (tertiary/aromatic N) is 2. The van der Waals surface area contributed by atoms with E-state index in [4.69, 9.17) is 0 Å². The van der Waals surface area contributed by atoms with Gasteiger partial charge in [0.2, 0.25) is 5.91 Å². The molecule has 1 aliphatic carbocycles. The van der Waals surface area contributed by atoms with Crippen LogP contribution in [0.2, 0.25) is 0 Å². The van der Waals surface area contributed by atoms with Crippen LogP contribution in [0.3, 0.4) is 0 Å². The summed E-state index contributed by atoms with van der Waals surface area (Å²) in [6.07, 6.45) is 4.84. The summed E-state index contributed by atoms with van der Waals surface area (Å²) in [5.41, 5.74) is -0.306. The Labute approximate surface area is 151 Å². The lowest BCUT2D eigenvalue weighted by molar-refractivity contribution is -0.122. The van der Waals surface area contributed by atoms with Crippen molar-refractivity contribution in [3.8, 4) is 0 Å². The van der Waals surface area contributed by atoms with Gasteiger partial charge in [0, 0.05) is 38.1 Å². The summed E-state index contributed by atoms with van der Waals surface area (Å²) < 4.78 is 1.46. The van der Waals surface area contributed by atoms with E-state index in [9.17, 15) is 14.4 Å². The minimum absolute atomic E-state index is 0.0444. The average Bonchev–Trinajstić information content (AvgIpc) is 3.47. The maximum absolute atomic E-state index is 12.3. The highest BCUT2D eigenvalue weighted by molar-refractivity contribution is 5.79. The zero-order valence-corrected chi connectivity index (χ0v) is 14.7. The Balaban J connectivity index is 1.37. The van der Waals surface area contributed by atoms with E-state index in [0.717, 1.165) is 32.0 Å². The van der Waals surface area contributed by atoms with Crippen LogP contribution in [0.4, 0.5) is 0 Å². The van der Waals surface area contributed by atoms with Gasteiger partial charge in [0.05, 0.1) is 10.9 Å². The Morgan fingerprint density at radius 2 is 1.85 bits per heavy atom. The number of hydrogen-bond donors (Lipinski definition) is 2. The van der Waals surface area contributed by atoms with Crippen LogP contribution in [0, 0.1) is 0 Å². The smallest absolute Gasteiger partial charge is 0.328 e. The fourth-order valence-electron chi connectivity index (χ4n) is 3.83. The van der Waals surface area contributed by atoms with E-state index in [-0.39, 0.29) is 24.9 Å². The molecule has 0 bridgehead atoms. The van der Waals surface area contributed by atoms with Crippen molar-refractivity contribution in [2.24, 2.45) is 0 Å². The molecule has 2 N–H and O–H groups in total. The van der Waals surface area contributed by atoms with Crippen molar-refractivity contribution in [3.05, 3.63) is 45.1 Å². The highest BCUT2D eigenvalue weighted by Crippen LogP contribution is 2.29. The second kappa shape index (κ2) is 7.07. The molecule has 138 valence electrons. The summed E-state index contributed by atoms with van der Waals surface area (Å²) >= 11 is 0. The van der Waals surface area contributed by atoms with Gasteiger partial charge in [-0.1, -0.05) is 12.1 Å². The van der Waals surface area contributed by atoms with Crippen LogP contribution < -0.4 is 16.6 Å². The van der Waals surface area contributed by atoms with E-state index >= 15 is 0 Å². The summed E-state index contributed by atoms with van der Waals surface area (Å²) in [4.78, 5) is 41.2. The van der Waals surface area contributed by atoms with Crippen LogP contribution >= 0.6 is 0 Å². The fraction of sp³-hybridized carbons (Fsp3) is 0.526. The summed E-state index contributed by atoms with van der Waals surface area (Å²) in [6.45, 7) is 2.36. The van der Waals surface area contributed by atoms with E-state index < -0.39 is 11.2 Å². The van der Waals surface area contributed by atoms with E-state index in [0.29, 0.717) is 10.9 Å². The minimum Gasteiger partial charge on any atom is -0.353 e. The first kappa shape index (κ1) is 17.0. The highest BCUT2D eigenvalue weighted by Gasteiger charge is 2.32. The molecule has 7 heteroatoms. The molecule has 0 atom stereocenters. The molecule has 26 heavy (non-hydrogen) atoms. The lowest BCUT2D eigenvalue weighted by atomic mass is 10.0. The van der Waals surface area contributed by atoms with E-state index in [1.165, 1.54) is 17.4 Å². The summed E-state index contributed by atoms with van der Waals surface area (Å²) in [6, 6.07) is 7.96. The molecule has 1 saturated carbocycles. The minimum atomic E-state index is -0.473. The van der Waals surface area contributed by atoms with Gasteiger partial charge < -0.3 is 10.2 Å². The molecule has 0 spiro atoms. The van der Waals surface area contributed by atoms with Gasteiger partial charge in [-0.2, -0.15) is 0 Å². The number of aromatic nitrogens is 2. The SMILES string of the molecule is O=C(CCn1c(=O)[nH]c(=O)c2ccccc21)NC1CCN(C2CC2)CC1. The molecule has 1 amide bonds. The van der Waals surface area contributed by atoms with Crippen LogP contribution in [0.15, 0.2) is 33.9 Å². The molecule has 1 aliphatic heterocycles. The van der Waals surface area contributed by atoms with Gasteiger partial charge in [-0.3, -0.25) is 19.1 Å². The Morgan fingerprint density at radius 1 is 1.12 bits per heavy atom. The number of benzene rings is 1. The molecular weight excluding hydrogens is 332 g/mol. The van der Waals surface area contributed by atoms with Gasteiger partial charge in [-0.25, -0.2) is 4.79 Å². The van der Waals surface area contributed by atoms with Crippen molar-refractivity contribution in [2.75, 3.05) is 13.1 Å². The molecule has 1 aromatic heterocycles. The van der Waals surface area contributed by atoms with E-state index in [1.54, 1.807) is 24.3 Å². The molecule has 1 saturated heterocycles. The van der Waals surface area contributed by atoms with E-state index in [2.05, 4.69) is 15.2 Å². The standard InChI is InChI=1S/C19H24N4O3/c24-17(20-13-7-10-22(11-8-13)14-5-6-14)9-12-23-16-4-2-1-3-15(16)18(25)21-19(23)26/h1-4,13-14H,5-12H2,(H,20,24)(H,21,25,26). The molecule has 2 fully saturated rings. The van der Waals surface area contributed by atoms with Crippen molar-refractivity contribution in [1.82, 2.24) is 19.8 Å². The molecule has 0 radical (unpaired) electrons. The third-order valence-electron chi connectivity index (χ3n) is 5.43. The molecule has 2 aliphatic rings. The maximum atomic E-state index is 12.3. The first-order valence-corrected chi connectivity index (χ1v) is 9.37. The molecule has 4 rings (SSSR count). The number of carbonyl (C=O) groups is 1. The number of amides is 1. The Hall–Kier alpha value is -2.41. The number of rotatable bonds is 5. The number of H-pyrrole nitrogens is 1. The zero-order valence-electron chi connectivity index (χ0n) is 14.7. The third kappa shape index (κ3) is 3.58. The van der Waals surface area contributed by atoms with Crippen LogP contribution in [0.25, 0.3) is 10.9 Å². The van der Waals surface area contributed by atoms with Crippen LogP contribution in [-0.4, -0.2) is 45.5 Å². The van der Waals surface area contributed by atoms with Gasteiger partial charge in [0.1, 0.15) is 0 Å². The van der Waals surface area contributed by atoms with Crippen LogP contribution in [-0.2, 0) is 11.3 Å². The molecule has 0 unspecified atom stereocenters. The fourth-order valence-corrected chi connectivity index (χ4v) is 3.83. The number of likely N-dealkylation sites (tertiary alicyclic amines) is 1. The first-order valence-electron chi connectivity index (χ1n) is 9.37. The zero-order chi connectivity index (χ0) is 18.1. The average molecular weight is 356 g/mol. The Morgan fingerprint density at radius 3 is 2.58 bits per heavy atom. The highest BCUT2D eigenvalue weighted by atomic mass is 16.2. The number of aromatic amines is 1. The predicted octanol–water partition coefficient (Wildman–Crippen LogP) is 0.823. The molecule has 2 aromatic rings. The number of hydrogen-bond acceptors (Lipinski definition) is 4. The monoisotopic (exact) mass is 356 g/mol. The van der Waals surface area contributed by atoms with Gasteiger partial charge in [-0.05, 0) is 37.8 Å². The quantitative estimate of drug-likeness (QED) is 0.830. The number of fused-ring (bicyclic) bond motifs is 1. The third-order valence-corrected chi connectivity index (χ3v) is 5.43. The molecular formula is C19H24N4O3. The largest absolute Gasteiger partial charge is 0.353 e. The summed E-state index contributed by atoms with van der Waals surface area (Å²) in [5, 5.41) is 3.55. The molecule has 1 aromatic carbocycles. The Bertz CT molecular complexity index is 920. The number of aryl methyl sites for hydroxylation is 1. The number of nitrogens with one attached hydrogen (secondary N) is 2. The topological polar surface area (TPSA) is 87.2 Å². The normalized spacial score (nSPS) is 18.9. The summed E-state index contributed by atoms with van der Waals surface area (Å²) in [7, 11) is 0. The van der Waals surface area contributed by atoms with Crippen molar-refractivity contribution in [3.63, 3.8) is 0 Å². The van der Waals surface area contributed by atoms with Crippen molar-refractivity contribution in [2.45, 2.75) is 50.7 Å². The van der Waals surface area contributed by atoms with Crippen LogP contribution in [0.1, 0.15) is 32.1 Å². The molecule has 7 nitrogen and oxygen atoms in total. The second-order valence-electron chi connectivity index (χ2n) is 7.29. The van der Waals surface area contributed by atoms with Gasteiger partial charge in [0.15, 0.2) is 0 Å². The maximum Gasteiger partial charge on any atom is 0.328 e. The number of para-hydroxylation sites is 1. The predicted molar refractivity (Wildman–Crippen MR) is 99.2 cm³/mol. The number of carbonyl (C=O) groups excluding carboxylic acids is 1. The first-order chi connectivity index (χ1) is 12.6. The van der Waals surface area contributed by atoms with Gasteiger partial charge in [-0.15, -0.1) is 0 Å². The lowest BCUT2D eigenvalue weighted by Crippen LogP contribution is -2.45. The van der Waals surface area contributed by atoms with Crippen molar-refractivity contribution < 1.29 is 4.79 Å². The summed E-state index contributed by atoms with van der Waals surface area (Å²) in [5.74, 6) is -0.0444. The van der Waals surface area contributed by atoms with Crippen molar-refractivity contribution >= 4 is 16.8 Å².